The van der Waals surface area contributed by atoms with Crippen LogP contribution >= 0.6 is 11.6 Å². The molecule has 0 heterocycles. The van der Waals surface area contributed by atoms with Crippen LogP contribution < -0.4 is 5.32 Å². The van der Waals surface area contributed by atoms with Gasteiger partial charge in [0, 0.05) is 10.6 Å². The van der Waals surface area contributed by atoms with Crippen LogP contribution in [0, 0.1) is 6.92 Å². The van der Waals surface area contributed by atoms with Gasteiger partial charge in [-0.15, -0.1) is 0 Å². The minimum Gasteiger partial charge on any atom is -0.307 e. The van der Waals surface area contributed by atoms with Crippen molar-refractivity contribution in [2.75, 3.05) is 6.54 Å². The van der Waals surface area contributed by atoms with Gasteiger partial charge in [-0.05, 0) is 50.6 Å². The first kappa shape index (κ1) is 15.2. The maximum Gasteiger partial charge on any atom is 0.179 e. The van der Waals surface area contributed by atoms with Crippen LogP contribution in [0.25, 0.3) is 0 Å². The monoisotopic (exact) mass is 267 g/mol. The molecule has 100 valence electrons. The lowest BCUT2D eigenvalue weighted by Gasteiger charge is -2.13. The minimum atomic E-state index is -0.137. The standard InChI is InChI=1S/C15H22ClNO/c1-4-5-6-9-17-12(3)15(18)13-7-8-14(16)11(2)10-13/h7-8,10,12,17H,4-6,9H2,1-3H3. The highest BCUT2D eigenvalue weighted by Crippen LogP contribution is 2.17. The van der Waals surface area contributed by atoms with E-state index in [1.54, 1.807) is 12.1 Å². The first-order valence-corrected chi connectivity index (χ1v) is 6.97. The van der Waals surface area contributed by atoms with Gasteiger partial charge >= 0.3 is 0 Å². The number of carbonyl (C=O) groups is 1. The Morgan fingerprint density at radius 2 is 2.11 bits per heavy atom. The van der Waals surface area contributed by atoms with Gasteiger partial charge in [-0.2, -0.15) is 0 Å². The van der Waals surface area contributed by atoms with E-state index >= 15 is 0 Å². The average Bonchev–Trinajstić information content (AvgIpc) is 2.37. The predicted octanol–water partition coefficient (Wildman–Crippen LogP) is 4.00. The molecule has 1 aromatic carbocycles. The highest BCUT2D eigenvalue weighted by atomic mass is 35.5. The summed E-state index contributed by atoms with van der Waals surface area (Å²) in [6.45, 7) is 6.90. The van der Waals surface area contributed by atoms with Crippen LogP contribution in [0.4, 0.5) is 0 Å². The van der Waals surface area contributed by atoms with Crippen LogP contribution in [0.5, 0.6) is 0 Å². The van der Waals surface area contributed by atoms with Gasteiger partial charge in [0.1, 0.15) is 0 Å². The maximum atomic E-state index is 12.2. The molecule has 0 aromatic heterocycles. The van der Waals surface area contributed by atoms with E-state index in [-0.39, 0.29) is 11.8 Å². The van der Waals surface area contributed by atoms with Crippen molar-refractivity contribution < 1.29 is 4.79 Å². The first-order chi connectivity index (χ1) is 8.56. The second-order valence-corrected chi connectivity index (χ2v) is 5.12. The van der Waals surface area contributed by atoms with Gasteiger partial charge in [0.05, 0.1) is 6.04 Å². The molecule has 18 heavy (non-hydrogen) atoms. The summed E-state index contributed by atoms with van der Waals surface area (Å²) in [4.78, 5) is 12.2. The van der Waals surface area contributed by atoms with Gasteiger partial charge in [0.2, 0.25) is 0 Å². The van der Waals surface area contributed by atoms with Crippen molar-refractivity contribution in [3.05, 3.63) is 34.3 Å². The topological polar surface area (TPSA) is 29.1 Å². The molecule has 1 unspecified atom stereocenters. The second-order valence-electron chi connectivity index (χ2n) is 4.71. The third kappa shape index (κ3) is 4.43. The Hall–Kier alpha value is -0.860. The zero-order chi connectivity index (χ0) is 13.5. The van der Waals surface area contributed by atoms with Gasteiger partial charge in [-0.25, -0.2) is 0 Å². The Morgan fingerprint density at radius 3 is 2.72 bits per heavy atom. The smallest absolute Gasteiger partial charge is 0.179 e. The Morgan fingerprint density at radius 1 is 1.39 bits per heavy atom. The molecular weight excluding hydrogens is 246 g/mol. The van der Waals surface area contributed by atoms with Crippen molar-refractivity contribution in [1.82, 2.24) is 5.32 Å². The van der Waals surface area contributed by atoms with E-state index in [4.69, 9.17) is 11.6 Å². The molecule has 0 saturated heterocycles. The number of ketones is 1. The molecule has 1 aromatic rings. The summed E-state index contributed by atoms with van der Waals surface area (Å²) in [5.74, 6) is 0.131. The molecule has 1 rings (SSSR count). The summed E-state index contributed by atoms with van der Waals surface area (Å²) in [5, 5.41) is 3.97. The molecule has 0 fully saturated rings. The number of hydrogen-bond donors (Lipinski definition) is 1. The number of benzene rings is 1. The maximum absolute atomic E-state index is 12.2. The van der Waals surface area contributed by atoms with Gasteiger partial charge in [0.25, 0.3) is 0 Å². The Bertz CT molecular complexity index is 403. The van der Waals surface area contributed by atoms with Crippen LogP contribution in [0.15, 0.2) is 18.2 Å². The summed E-state index contributed by atoms with van der Waals surface area (Å²) in [6, 6.07) is 5.30. The van der Waals surface area contributed by atoms with E-state index < -0.39 is 0 Å². The number of unbranched alkanes of at least 4 members (excludes halogenated alkanes) is 2. The van der Waals surface area contributed by atoms with E-state index in [0.29, 0.717) is 5.02 Å². The zero-order valence-corrected chi connectivity index (χ0v) is 12.2. The Balaban J connectivity index is 2.54. The number of halogens is 1. The zero-order valence-electron chi connectivity index (χ0n) is 11.4. The van der Waals surface area contributed by atoms with Crippen molar-refractivity contribution in [3.63, 3.8) is 0 Å². The fourth-order valence-corrected chi connectivity index (χ4v) is 1.95. The van der Waals surface area contributed by atoms with Crippen LogP contribution in [-0.2, 0) is 0 Å². The number of rotatable bonds is 7. The van der Waals surface area contributed by atoms with E-state index in [2.05, 4.69) is 12.2 Å². The summed E-state index contributed by atoms with van der Waals surface area (Å²) in [6.07, 6.45) is 3.52. The highest BCUT2D eigenvalue weighted by molar-refractivity contribution is 6.31. The lowest BCUT2D eigenvalue weighted by molar-refractivity contribution is 0.0951. The van der Waals surface area contributed by atoms with E-state index in [9.17, 15) is 4.79 Å². The van der Waals surface area contributed by atoms with Gasteiger partial charge < -0.3 is 5.32 Å². The van der Waals surface area contributed by atoms with E-state index in [0.717, 1.165) is 24.1 Å². The third-order valence-corrected chi connectivity index (χ3v) is 3.49. The quantitative estimate of drug-likeness (QED) is 0.598. The molecule has 0 aliphatic rings. The summed E-state index contributed by atoms with van der Waals surface area (Å²) < 4.78 is 0. The average molecular weight is 268 g/mol. The Kier molecular flexibility index (Phi) is 6.37. The fraction of sp³-hybridized carbons (Fsp3) is 0.533. The molecule has 1 N–H and O–H groups in total. The van der Waals surface area contributed by atoms with Crippen LogP contribution in [0.1, 0.15) is 49.0 Å². The molecule has 0 amide bonds. The van der Waals surface area contributed by atoms with E-state index in [1.807, 2.05) is 19.9 Å². The van der Waals surface area contributed by atoms with Gasteiger partial charge in [-0.3, -0.25) is 4.79 Å². The van der Waals surface area contributed by atoms with Crippen molar-refractivity contribution in [1.29, 1.82) is 0 Å². The van der Waals surface area contributed by atoms with E-state index in [1.165, 1.54) is 12.8 Å². The summed E-state index contributed by atoms with van der Waals surface area (Å²) in [7, 11) is 0. The van der Waals surface area contributed by atoms with Crippen molar-refractivity contribution in [2.45, 2.75) is 46.1 Å². The SMILES string of the molecule is CCCCCNC(C)C(=O)c1ccc(Cl)c(C)c1. The van der Waals surface area contributed by atoms with Crippen LogP contribution in [0.2, 0.25) is 5.02 Å². The lowest BCUT2D eigenvalue weighted by atomic mass is 10.0. The molecule has 3 heteroatoms. The normalized spacial score (nSPS) is 12.4. The molecule has 0 spiro atoms. The molecule has 2 nitrogen and oxygen atoms in total. The molecule has 1 atom stereocenters. The number of aryl methyl sites for hydroxylation is 1. The van der Waals surface area contributed by atoms with Crippen molar-refractivity contribution in [3.8, 4) is 0 Å². The number of carbonyl (C=O) groups excluding carboxylic acids is 1. The number of nitrogens with one attached hydrogen (secondary N) is 1. The Labute approximate surface area is 115 Å². The first-order valence-electron chi connectivity index (χ1n) is 6.60. The second kappa shape index (κ2) is 7.55. The van der Waals surface area contributed by atoms with Crippen LogP contribution in [0.3, 0.4) is 0 Å². The number of hydrogen-bond acceptors (Lipinski definition) is 2. The molecule has 0 bridgehead atoms. The van der Waals surface area contributed by atoms with Crippen LogP contribution in [-0.4, -0.2) is 18.4 Å². The van der Waals surface area contributed by atoms with Gasteiger partial charge in [0.15, 0.2) is 5.78 Å². The molecule has 0 saturated carbocycles. The highest BCUT2D eigenvalue weighted by Gasteiger charge is 2.14. The van der Waals surface area contributed by atoms with Gasteiger partial charge in [-0.1, -0.05) is 31.4 Å². The molecular formula is C15H22ClNO. The molecule has 0 aliphatic carbocycles. The lowest BCUT2D eigenvalue weighted by Crippen LogP contribution is -2.34. The van der Waals surface area contributed by atoms with Crippen molar-refractivity contribution in [2.24, 2.45) is 0 Å². The predicted molar refractivity (Wildman–Crippen MR) is 77.5 cm³/mol. The summed E-state index contributed by atoms with van der Waals surface area (Å²) in [5.41, 5.74) is 1.67. The fourth-order valence-electron chi connectivity index (χ4n) is 1.83. The van der Waals surface area contributed by atoms with Crippen molar-refractivity contribution >= 4 is 17.4 Å². The number of Topliss-reactive ketones (excluding diaryl/α,β-unsaturated/α-hetero) is 1. The minimum absolute atomic E-state index is 0.131. The molecule has 0 aliphatic heterocycles. The molecule has 0 radical (unpaired) electrons. The largest absolute Gasteiger partial charge is 0.307 e. The summed E-state index contributed by atoms with van der Waals surface area (Å²) >= 11 is 5.96. The third-order valence-electron chi connectivity index (χ3n) is 3.07.